The zero-order chi connectivity index (χ0) is 29.2. The monoisotopic (exact) mass is 570 g/mol. The molecule has 6 rings (SSSR count). The van der Waals surface area contributed by atoms with Gasteiger partial charge in [0.25, 0.3) is 0 Å². The number of amides is 1. The molecule has 42 heavy (non-hydrogen) atoms. The van der Waals surface area contributed by atoms with E-state index in [0.717, 1.165) is 41.0 Å². The van der Waals surface area contributed by atoms with Crippen molar-refractivity contribution in [1.82, 2.24) is 14.9 Å². The summed E-state index contributed by atoms with van der Waals surface area (Å²) >= 11 is 0. The topological polar surface area (TPSA) is 94.8 Å². The van der Waals surface area contributed by atoms with Gasteiger partial charge in [-0.25, -0.2) is 4.39 Å². The number of benzene rings is 2. The van der Waals surface area contributed by atoms with Gasteiger partial charge in [-0.05, 0) is 49.8 Å². The first kappa shape index (κ1) is 27.9. The molecule has 0 unspecified atom stereocenters. The van der Waals surface area contributed by atoms with Crippen LogP contribution in [0.15, 0.2) is 49.1 Å². The number of rotatable bonds is 9. The van der Waals surface area contributed by atoms with Gasteiger partial charge in [0, 0.05) is 42.8 Å². The Morgan fingerprint density at radius 2 is 2.00 bits per heavy atom. The summed E-state index contributed by atoms with van der Waals surface area (Å²) in [7, 11) is 0. The second-order valence-electron chi connectivity index (χ2n) is 11.2. The van der Waals surface area contributed by atoms with Crippen molar-refractivity contribution < 1.29 is 18.7 Å². The van der Waals surface area contributed by atoms with Gasteiger partial charge in [0.2, 0.25) is 5.91 Å². The molecule has 0 radical (unpaired) electrons. The molecule has 0 spiro atoms. The number of ether oxygens (including phenoxy) is 2. The molecular formula is C32H35FN6O3. The zero-order valence-electron chi connectivity index (χ0n) is 23.8. The number of carbonyl (C=O) groups excluding carboxylic acids is 1. The lowest BCUT2D eigenvalue weighted by atomic mass is 10.0. The van der Waals surface area contributed by atoms with Crippen molar-refractivity contribution in [2.45, 2.75) is 57.4 Å². The van der Waals surface area contributed by atoms with Crippen LogP contribution in [0.1, 0.15) is 37.4 Å². The molecule has 1 amide bonds. The first-order valence-electron chi connectivity index (χ1n) is 14.6. The minimum Gasteiger partial charge on any atom is -0.458 e. The second kappa shape index (κ2) is 11.9. The quantitative estimate of drug-likeness (QED) is 0.350. The number of hydrogen-bond acceptors (Lipinski definition) is 8. The molecule has 0 bridgehead atoms. The number of halogens is 1. The van der Waals surface area contributed by atoms with Crippen molar-refractivity contribution in [2.24, 2.45) is 0 Å². The summed E-state index contributed by atoms with van der Waals surface area (Å²) in [5.74, 6) is 0.343. The Bertz CT molecular complexity index is 1530. The highest BCUT2D eigenvalue weighted by Gasteiger charge is 2.34. The van der Waals surface area contributed by atoms with Crippen LogP contribution in [0.4, 0.5) is 15.9 Å². The lowest BCUT2D eigenvalue weighted by Crippen LogP contribution is -2.55. The highest BCUT2D eigenvalue weighted by atomic mass is 19.1. The van der Waals surface area contributed by atoms with E-state index in [9.17, 15) is 10.1 Å². The molecule has 2 aliphatic heterocycles. The van der Waals surface area contributed by atoms with E-state index in [-0.39, 0.29) is 36.3 Å². The highest BCUT2D eigenvalue weighted by Crippen LogP contribution is 2.36. The van der Waals surface area contributed by atoms with Crippen molar-refractivity contribution in [3.8, 4) is 12.1 Å². The Labute approximate surface area is 245 Å². The fourth-order valence-corrected chi connectivity index (χ4v) is 5.90. The van der Waals surface area contributed by atoms with Crippen LogP contribution in [0.5, 0.6) is 6.01 Å². The summed E-state index contributed by atoms with van der Waals surface area (Å²) in [6.45, 7) is 8.64. The van der Waals surface area contributed by atoms with Crippen LogP contribution >= 0.6 is 0 Å². The largest absolute Gasteiger partial charge is 0.458 e. The molecular weight excluding hydrogens is 535 g/mol. The minimum absolute atomic E-state index is 0.175. The Kier molecular flexibility index (Phi) is 7.94. The van der Waals surface area contributed by atoms with Gasteiger partial charge in [-0.2, -0.15) is 15.2 Å². The predicted molar refractivity (Wildman–Crippen MR) is 158 cm³/mol. The average Bonchev–Trinajstić information content (AvgIpc) is 3.84. The van der Waals surface area contributed by atoms with Crippen LogP contribution in [0, 0.1) is 17.1 Å². The maximum Gasteiger partial charge on any atom is 0.319 e. The van der Waals surface area contributed by atoms with Gasteiger partial charge in [0.05, 0.1) is 43.5 Å². The van der Waals surface area contributed by atoms with Crippen molar-refractivity contribution in [3.05, 3.63) is 66.1 Å². The van der Waals surface area contributed by atoms with E-state index in [2.05, 4.69) is 22.4 Å². The van der Waals surface area contributed by atoms with E-state index in [0.29, 0.717) is 57.2 Å². The first-order chi connectivity index (χ1) is 20.4. The Hall–Kier alpha value is -4.23. The summed E-state index contributed by atoms with van der Waals surface area (Å²) in [6, 6.07) is 13.2. The number of fused-ring (bicyclic) bond motifs is 2. The fraction of sp³-hybridized carbons (Fsp3) is 0.438. The van der Waals surface area contributed by atoms with E-state index in [1.165, 1.54) is 12.1 Å². The maximum absolute atomic E-state index is 15.0. The third kappa shape index (κ3) is 5.74. The van der Waals surface area contributed by atoms with Gasteiger partial charge in [-0.1, -0.05) is 30.8 Å². The number of nitrogens with zero attached hydrogens (tertiary/aromatic N) is 6. The van der Waals surface area contributed by atoms with Gasteiger partial charge < -0.3 is 24.2 Å². The van der Waals surface area contributed by atoms with E-state index in [4.69, 9.17) is 19.4 Å². The summed E-state index contributed by atoms with van der Waals surface area (Å²) in [5.41, 5.74) is 2.67. The molecule has 3 aliphatic rings. The molecule has 3 aromatic rings. The average molecular weight is 571 g/mol. The number of aromatic nitrogens is 2. The van der Waals surface area contributed by atoms with Gasteiger partial charge in [-0.3, -0.25) is 4.79 Å². The molecule has 2 fully saturated rings. The maximum atomic E-state index is 15.0. The van der Waals surface area contributed by atoms with Crippen LogP contribution in [0.25, 0.3) is 10.8 Å². The summed E-state index contributed by atoms with van der Waals surface area (Å²) in [5, 5.41) is 10.9. The molecule has 2 aromatic carbocycles. The van der Waals surface area contributed by atoms with Crippen LogP contribution < -0.4 is 14.5 Å². The molecule has 3 heterocycles. The van der Waals surface area contributed by atoms with Gasteiger partial charge in [0.1, 0.15) is 17.7 Å². The number of piperazine rings is 1. The summed E-state index contributed by atoms with van der Waals surface area (Å²) < 4.78 is 27.0. The molecule has 1 saturated heterocycles. The molecule has 1 aliphatic carbocycles. The number of hydrogen-bond donors (Lipinski definition) is 0. The molecule has 1 saturated carbocycles. The van der Waals surface area contributed by atoms with E-state index in [1.54, 1.807) is 11.0 Å². The molecule has 10 heteroatoms. The molecule has 218 valence electrons. The second-order valence-corrected chi connectivity index (χ2v) is 11.2. The van der Waals surface area contributed by atoms with Gasteiger partial charge in [0.15, 0.2) is 0 Å². The third-order valence-electron chi connectivity index (χ3n) is 8.16. The molecule has 9 nitrogen and oxygen atoms in total. The van der Waals surface area contributed by atoms with Gasteiger partial charge >= 0.3 is 6.01 Å². The Balaban J connectivity index is 1.33. The fourth-order valence-electron chi connectivity index (χ4n) is 5.90. The van der Waals surface area contributed by atoms with E-state index >= 15 is 4.39 Å². The Morgan fingerprint density at radius 3 is 2.76 bits per heavy atom. The van der Waals surface area contributed by atoms with Crippen LogP contribution in [-0.2, 0) is 22.5 Å². The van der Waals surface area contributed by atoms with Crippen molar-refractivity contribution >= 4 is 28.2 Å². The molecule has 2 atom stereocenters. The Morgan fingerprint density at radius 1 is 1.19 bits per heavy atom. The van der Waals surface area contributed by atoms with E-state index < -0.39 is 0 Å². The van der Waals surface area contributed by atoms with E-state index in [1.807, 2.05) is 31.2 Å². The highest BCUT2D eigenvalue weighted by molar-refractivity contribution is 5.95. The number of anilines is 2. The SMILES string of the molecule is C=CC(=O)N1CCN(c2nc(O[C@@H](C)COC3CC3)nc3c2CCN(c2cccc4cccc(F)c24)C3)C[C@@H]1CC#N. The number of nitriles is 1. The van der Waals surface area contributed by atoms with Crippen molar-refractivity contribution in [3.63, 3.8) is 0 Å². The zero-order valence-corrected chi connectivity index (χ0v) is 23.8. The first-order valence-corrected chi connectivity index (χ1v) is 14.6. The normalized spacial score (nSPS) is 19.3. The summed E-state index contributed by atoms with van der Waals surface area (Å²) in [6.07, 6.45) is 4.42. The standard InChI is InChI=1S/C32H35FN6O3/c1-3-29(40)39-17-16-38(18-23(39)12-14-34)31-25-13-15-37(28-9-5-7-22-6-4-8-26(33)30(22)28)19-27(25)35-32(36-31)42-21(2)20-41-24-10-11-24/h3-9,21,23-24H,1,10-13,15-20H2,2H3/t21-,23-/m0/s1. The van der Waals surface area contributed by atoms with Crippen molar-refractivity contribution in [2.75, 3.05) is 42.6 Å². The minimum atomic E-state index is -0.283. The third-order valence-corrected chi connectivity index (χ3v) is 8.16. The molecule has 1 aromatic heterocycles. The summed E-state index contributed by atoms with van der Waals surface area (Å²) in [4.78, 5) is 28.3. The predicted octanol–water partition coefficient (Wildman–Crippen LogP) is 4.39. The molecule has 0 N–H and O–H groups in total. The lowest BCUT2D eigenvalue weighted by Gasteiger charge is -2.42. The van der Waals surface area contributed by atoms with Gasteiger partial charge in [-0.15, -0.1) is 0 Å². The van der Waals surface area contributed by atoms with Crippen LogP contribution in [-0.4, -0.2) is 71.8 Å². The van der Waals surface area contributed by atoms with Crippen LogP contribution in [0.2, 0.25) is 0 Å². The van der Waals surface area contributed by atoms with Crippen molar-refractivity contribution in [1.29, 1.82) is 5.26 Å². The lowest BCUT2D eigenvalue weighted by molar-refractivity contribution is -0.128. The van der Waals surface area contributed by atoms with Crippen LogP contribution in [0.3, 0.4) is 0 Å². The number of carbonyl (C=O) groups is 1. The smallest absolute Gasteiger partial charge is 0.319 e.